The molecule has 2 aromatic heterocycles. The second-order valence-corrected chi connectivity index (χ2v) is 9.73. The molecule has 2 atom stereocenters. The standard InChI is InChI=1S/C23H30N4/c1-14-10-9-11-16-17(14)27-15(2)18-19(25(8)20-24-12-13-26(18)20)23(27,7)22(5,6)21(16,3)4/h9-13,15H,1-8H3/t15-,23?/m0/s1. The van der Waals surface area contributed by atoms with E-state index in [0.717, 1.165) is 5.78 Å². The number of imidazole rings is 2. The Labute approximate surface area is 161 Å². The van der Waals surface area contributed by atoms with Crippen LogP contribution in [-0.2, 0) is 18.0 Å². The summed E-state index contributed by atoms with van der Waals surface area (Å²) in [6.07, 6.45) is 4.03. The van der Waals surface area contributed by atoms with Gasteiger partial charge in [-0.25, -0.2) is 4.98 Å². The summed E-state index contributed by atoms with van der Waals surface area (Å²) in [6.45, 7) is 16.8. The molecule has 4 heteroatoms. The summed E-state index contributed by atoms with van der Waals surface area (Å²) < 4.78 is 4.62. The summed E-state index contributed by atoms with van der Waals surface area (Å²) in [4.78, 5) is 7.34. The van der Waals surface area contributed by atoms with Crippen LogP contribution in [0.3, 0.4) is 0 Å². The fraction of sp³-hybridized carbons (Fsp3) is 0.522. The number of para-hydroxylation sites is 1. The van der Waals surface area contributed by atoms with Crippen LogP contribution in [0.25, 0.3) is 5.78 Å². The Hall–Kier alpha value is -2.23. The van der Waals surface area contributed by atoms with Gasteiger partial charge in [-0.1, -0.05) is 45.9 Å². The highest BCUT2D eigenvalue weighted by Crippen LogP contribution is 2.67. The van der Waals surface area contributed by atoms with Crippen LogP contribution in [0.15, 0.2) is 30.6 Å². The lowest BCUT2D eigenvalue weighted by Gasteiger charge is -2.62. The molecular formula is C23H30N4. The van der Waals surface area contributed by atoms with Gasteiger partial charge >= 0.3 is 0 Å². The molecule has 0 radical (unpaired) electrons. The number of nitrogens with zero attached hydrogens (tertiary/aromatic N) is 4. The maximum Gasteiger partial charge on any atom is 0.214 e. The summed E-state index contributed by atoms with van der Waals surface area (Å²) in [5.41, 5.74) is 6.96. The molecule has 1 aromatic carbocycles. The monoisotopic (exact) mass is 362 g/mol. The van der Waals surface area contributed by atoms with E-state index in [-0.39, 0.29) is 22.4 Å². The third-order valence-corrected chi connectivity index (χ3v) is 8.42. The molecule has 0 aliphatic carbocycles. The van der Waals surface area contributed by atoms with Gasteiger partial charge in [-0.05, 0) is 37.3 Å². The van der Waals surface area contributed by atoms with E-state index in [1.165, 1.54) is 28.2 Å². The van der Waals surface area contributed by atoms with Crippen LogP contribution in [0.2, 0.25) is 0 Å². The fourth-order valence-corrected chi connectivity index (χ4v) is 6.16. The highest BCUT2D eigenvalue weighted by Gasteiger charge is 2.65. The minimum absolute atomic E-state index is 0.0183. The van der Waals surface area contributed by atoms with Crippen molar-refractivity contribution in [3.05, 3.63) is 53.1 Å². The molecule has 27 heavy (non-hydrogen) atoms. The molecule has 0 bridgehead atoms. The molecule has 0 amide bonds. The largest absolute Gasteiger partial charge is 0.351 e. The first-order valence-electron chi connectivity index (χ1n) is 9.98. The zero-order valence-corrected chi connectivity index (χ0v) is 17.8. The Morgan fingerprint density at radius 2 is 1.78 bits per heavy atom. The molecule has 0 spiro atoms. The Morgan fingerprint density at radius 1 is 1.07 bits per heavy atom. The van der Waals surface area contributed by atoms with Gasteiger partial charge in [-0.2, -0.15) is 0 Å². The number of hydrogen-bond donors (Lipinski definition) is 0. The minimum atomic E-state index is -0.125. The van der Waals surface area contributed by atoms with Crippen molar-refractivity contribution >= 4 is 11.5 Å². The van der Waals surface area contributed by atoms with Gasteiger partial charge in [0.15, 0.2) is 0 Å². The molecule has 0 saturated heterocycles. The van der Waals surface area contributed by atoms with Crippen LogP contribution in [0.4, 0.5) is 5.69 Å². The number of fused-ring (bicyclic) bond motifs is 7. The zero-order valence-electron chi connectivity index (χ0n) is 17.8. The Balaban J connectivity index is 1.97. The smallest absolute Gasteiger partial charge is 0.214 e. The average Bonchev–Trinajstić information content (AvgIpc) is 3.22. The van der Waals surface area contributed by atoms with Crippen LogP contribution >= 0.6 is 0 Å². The second-order valence-electron chi connectivity index (χ2n) is 9.73. The molecule has 3 aromatic rings. The average molecular weight is 363 g/mol. The minimum Gasteiger partial charge on any atom is -0.351 e. The van der Waals surface area contributed by atoms with Crippen LogP contribution in [0.5, 0.6) is 0 Å². The van der Waals surface area contributed by atoms with E-state index in [1.807, 2.05) is 6.20 Å². The van der Waals surface area contributed by atoms with Crippen molar-refractivity contribution in [2.45, 2.75) is 65.5 Å². The maximum absolute atomic E-state index is 4.64. The molecule has 2 aliphatic rings. The topological polar surface area (TPSA) is 25.5 Å². The second kappa shape index (κ2) is 4.60. The predicted octanol–water partition coefficient (Wildman–Crippen LogP) is 5.10. The van der Waals surface area contributed by atoms with Crippen molar-refractivity contribution in [1.82, 2.24) is 14.0 Å². The molecule has 4 heterocycles. The van der Waals surface area contributed by atoms with Crippen LogP contribution in [0, 0.1) is 12.3 Å². The first-order valence-corrected chi connectivity index (χ1v) is 9.98. The van der Waals surface area contributed by atoms with Gasteiger partial charge < -0.3 is 9.47 Å². The SMILES string of the molecule is Cc1cccc2c1N1[C@@H](C)c3c(n(C)c4nccn34)C1(C)C(C)(C)C2(C)C. The van der Waals surface area contributed by atoms with Crippen molar-refractivity contribution in [3.8, 4) is 0 Å². The maximum atomic E-state index is 4.64. The molecule has 5 rings (SSSR count). The Bertz CT molecular complexity index is 1100. The number of rotatable bonds is 0. The fourth-order valence-electron chi connectivity index (χ4n) is 6.16. The van der Waals surface area contributed by atoms with Crippen LogP contribution in [0.1, 0.15) is 70.1 Å². The molecule has 142 valence electrons. The molecule has 4 nitrogen and oxygen atoms in total. The summed E-state index contributed by atoms with van der Waals surface area (Å²) in [5.74, 6) is 1.04. The Morgan fingerprint density at radius 3 is 2.48 bits per heavy atom. The van der Waals surface area contributed by atoms with Gasteiger partial charge in [0.1, 0.15) is 0 Å². The number of hydrogen-bond acceptors (Lipinski definition) is 2. The lowest BCUT2D eigenvalue weighted by atomic mass is 9.52. The van der Waals surface area contributed by atoms with E-state index in [2.05, 4.69) is 98.8 Å². The van der Waals surface area contributed by atoms with Crippen molar-refractivity contribution in [3.63, 3.8) is 0 Å². The molecule has 0 N–H and O–H groups in total. The van der Waals surface area contributed by atoms with Gasteiger partial charge in [-0.3, -0.25) is 4.40 Å². The Kier molecular flexibility index (Phi) is 2.88. The summed E-state index contributed by atoms with van der Waals surface area (Å²) in [5, 5.41) is 0. The highest BCUT2D eigenvalue weighted by molar-refractivity contribution is 5.72. The highest BCUT2D eigenvalue weighted by atomic mass is 15.4. The first kappa shape index (κ1) is 16.9. The first-order chi connectivity index (χ1) is 12.6. The van der Waals surface area contributed by atoms with E-state index in [4.69, 9.17) is 0 Å². The molecule has 0 fully saturated rings. The summed E-state index contributed by atoms with van der Waals surface area (Å²) >= 11 is 0. The quantitative estimate of drug-likeness (QED) is 0.556. The van der Waals surface area contributed by atoms with Crippen LogP contribution < -0.4 is 4.90 Å². The van der Waals surface area contributed by atoms with E-state index in [0.29, 0.717) is 0 Å². The normalized spacial score (nSPS) is 27.6. The van der Waals surface area contributed by atoms with E-state index >= 15 is 0 Å². The van der Waals surface area contributed by atoms with Gasteiger partial charge in [0.2, 0.25) is 5.78 Å². The van der Waals surface area contributed by atoms with Gasteiger partial charge in [0.25, 0.3) is 0 Å². The molecule has 2 aliphatic heterocycles. The molecule has 0 saturated carbocycles. The van der Waals surface area contributed by atoms with Gasteiger partial charge in [0.05, 0.1) is 23.0 Å². The van der Waals surface area contributed by atoms with E-state index in [1.54, 1.807) is 0 Å². The lowest BCUT2D eigenvalue weighted by Crippen LogP contribution is -2.62. The molecule has 1 unspecified atom stereocenters. The van der Waals surface area contributed by atoms with Crippen molar-refractivity contribution in [2.24, 2.45) is 12.5 Å². The van der Waals surface area contributed by atoms with E-state index in [9.17, 15) is 0 Å². The molecular weight excluding hydrogens is 332 g/mol. The van der Waals surface area contributed by atoms with Crippen molar-refractivity contribution < 1.29 is 0 Å². The number of aromatic nitrogens is 3. The predicted molar refractivity (Wildman–Crippen MR) is 110 cm³/mol. The lowest BCUT2D eigenvalue weighted by molar-refractivity contribution is 0.0608. The van der Waals surface area contributed by atoms with Crippen molar-refractivity contribution in [1.29, 1.82) is 0 Å². The zero-order chi connectivity index (χ0) is 19.5. The van der Waals surface area contributed by atoms with E-state index < -0.39 is 0 Å². The summed E-state index contributed by atoms with van der Waals surface area (Å²) in [6, 6.07) is 7.11. The van der Waals surface area contributed by atoms with Crippen LogP contribution in [-0.4, -0.2) is 14.0 Å². The van der Waals surface area contributed by atoms with Gasteiger partial charge in [-0.15, -0.1) is 0 Å². The summed E-state index contributed by atoms with van der Waals surface area (Å²) in [7, 11) is 2.18. The number of anilines is 1. The van der Waals surface area contributed by atoms with Gasteiger partial charge in [0, 0.05) is 30.5 Å². The number of aryl methyl sites for hydroxylation is 2. The van der Waals surface area contributed by atoms with Crippen molar-refractivity contribution in [2.75, 3.05) is 4.90 Å². The third kappa shape index (κ3) is 1.53. The third-order valence-electron chi connectivity index (χ3n) is 8.42. The number of benzene rings is 1.